The van der Waals surface area contributed by atoms with Gasteiger partial charge < -0.3 is 15.4 Å². The largest absolute Gasteiger partial charge is 0.494 e. The Morgan fingerprint density at radius 3 is 2.90 bits per heavy atom. The molecule has 2 unspecified atom stereocenters. The fourth-order valence-corrected chi connectivity index (χ4v) is 2.65. The summed E-state index contributed by atoms with van der Waals surface area (Å²) in [5.74, 6) is -0.173. The minimum absolute atomic E-state index is 0.0329. The van der Waals surface area contributed by atoms with Crippen LogP contribution in [0, 0.1) is 11.2 Å². The third-order valence-electron chi connectivity index (χ3n) is 4.17. The lowest BCUT2D eigenvalue weighted by atomic mass is 9.81. The summed E-state index contributed by atoms with van der Waals surface area (Å²) < 4.78 is 18.4. The molecule has 1 aromatic rings. The Morgan fingerprint density at radius 1 is 1.52 bits per heavy atom. The van der Waals surface area contributed by atoms with E-state index < -0.39 is 5.82 Å². The van der Waals surface area contributed by atoms with Crippen molar-refractivity contribution >= 4 is 5.91 Å². The molecule has 4 nitrogen and oxygen atoms in total. The second kappa shape index (κ2) is 6.43. The lowest BCUT2D eigenvalue weighted by molar-refractivity contribution is -0.131. The van der Waals surface area contributed by atoms with E-state index in [9.17, 15) is 9.18 Å². The molecule has 1 fully saturated rings. The first-order valence-corrected chi connectivity index (χ1v) is 7.31. The van der Waals surface area contributed by atoms with E-state index in [1.54, 1.807) is 12.1 Å². The second-order valence-corrected chi connectivity index (χ2v) is 5.93. The third kappa shape index (κ3) is 3.53. The number of rotatable bonds is 4. The molecular formula is C16H23FN2O2. The number of ether oxygens (including phenoxy) is 1. The van der Waals surface area contributed by atoms with E-state index in [4.69, 9.17) is 4.74 Å². The summed E-state index contributed by atoms with van der Waals surface area (Å²) in [6.07, 6.45) is 1.88. The maximum absolute atomic E-state index is 13.4. The first-order chi connectivity index (χ1) is 9.96. The molecule has 0 saturated carbocycles. The molecule has 0 aromatic heterocycles. The Hall–Kier alpha value is -1.62. The van der Waals surface area contributed by atoms with Gasteiger partial charge in [-0.15, -0.1) is 0 Å². The van der Waals surface area contributed by atoms with E-state index in [0.29, 0.717) is 6.54 Å². The van der Waals surface area contributed by atoms with Crippen molar-refractivity contribution in [2.24, 2.45) is 5.41 Å². The maximum Gasteiger partial charge on any atom is 0.227 e. The van der Waals surface area contributed by atoms with E-state index in [0.717, 1.165) is 24.9 Å². The highest BCUT2D eigenvalue weighted by Crippen LogP contribution is 2.28. The summed E-state index contributed by atoms with van der Waals surface area (Å²) in [7, 11) is 1.43. The van der Waals surface area contributed by atoms with E-state index in [1.165, 1.54) is 13.2 Å². The van der Waals surface area contributed by atoms with Crippen molar-refractivity contribution in [3.8, 4) is 5.75 Å². The van der Waals surface area contributed by atoms with E-state index in [2.05, 4.69) is 10.6 Å². The highest BCUT2D eigenvalue weighted by Gasteiger charge is 2.35. The highest BCUT2D eigenvalue weighted by atomic mass is 19.1. The summed E-state index contributed by atoms with van der Waals surface area (Å²) in [6, 6.07) is 4.47. The molecule has 1 aliphatic rings. The van der Waals surface area contributed by atoms with Gasteiger partial charge in [-0.25, -0.2) is 4.39 Å². The molecule has 1 heterocycles. The zero-order chi connectivity index (χ0) is 15.5. The number of hydrogen-bond acceptors (Lipinski definition) is 3. The normalized spacial score (nSPS) is 23.4. The quantitative estimate of drug-likeness (QED) is 0.896. The number of amides is 1. The molecule has 5 heteroatoms. The van der Waals surface area contributed by atoms with Gasteiger partial charge in [0.25, 0.3) is 0 Å². The average molecular weight is 294 g/mol. The number of halogens is 1. The van der Waals surface area contributed by atoms with Crippen LogP contribution in [-0.4, -0.2) is 26.1 Å². The number of methoxy groups -OCH3 is 1. The molecule has 0 bridgehead atoms. The van der Waals surface area contributed by atoms with E-state index in [1.807, 2.05) is 13.8 Å². The van der Waals surface area contributed by atoms with Crippen LogP contribution in [0.5, 0.6) is 5.75 Å². The van der Waals surface area contributed by atoms with Crippen molar-refractivity contribution in [2.75, 3.05) is 20.2 Å². The smallest absolute Gasteiger partial charge is 0.227 e. The van der Waals surface area contributed by atoms with Crippen LogP contribution in [0.4, 0.5) is 4.39 Å². The fraction of sp³-hybridized carbons (Fsp3) is 0.562. The average Bonchev–Trinajstić information content (AvgIpc) is 2.48. The lowest BCUT2D eigenvalue weighted by Crippen LogP contribution is -2.49. The molecule has 21 heavy (non-hydrogen) atoms. The third-order valence-corrected chi connectivity index (χ3v) is 4.17. The number of carbonyl (C=O) groups is 1. The number of hydrogen-bond donors (Lipinski definition) is 2. The van der Waals surface area contributed by atoms with Gasteiger partial charge in [-0.3, -0.25) is 4.79 Å². The van der Waals surface area contributed by atoms with Crippen LogP contribution >= 0.6 is 0 Å². The Balaban J connectivity index is 2.06. The Kier molecular flexibility index (Phi) is 4.83. The number of carbonyl (C=O) groups excluding carboxylic acids is 1. The van der Waals surface area contributed by atoms with Crippen LogP contribution in [0.25, 0.3) is 0 Å². The summed E-state index contributed by atoms with van der Waals surface area (Å²) in [4.78, 5) is 12.5. The first-order valence-electron chi connectivity index (χ1n) is 7.31. The van der Waals surface area contributed by atoms with Gasteiger partial charge in [-0.2, -0.15) is 0 Å². The predicted octanol–water partition coefficient (Wildman–Crippen LogP) is 2.40. The van der Waals surface area contributed by atoms with Gasteiger partial charge in [0, 0.05) is 6.54 Å². The summed E-state index contributed by atoms with van der Waals surface area (Å²) in [5, 5.41) is 6.28. The molecule has 2 rings (SSSR count). The van der Waals surface area contributed by atoms with Gasteiger partial charge in [-0.05, 0) is 50.9 Å². The summed E-state index contributed by atoms with van der Waals surface area (Å²) in [5.41, 5.74) is 0.449. The molecule has 1 saturated heterocycles. The van der Waals surface area contributed by atoms with E-state index in [-0.39, 0.29) is 23.1 Å². The fourth-order valence-electron chi connectivity index (χ4n) is 2.65. The van der Waals surface area contributed by atoms with Crippen LogP contribution in [0.15, 0.2) is 18.2 Å². The van der Waals surface area contributed by atoms with E-state index >= 15 is 0 Å². The molecule has 1 aliphatic heterocycles. The standard InChI is InChI=1S/C16H23FN2O2/c1-11(12-5-6-13(17)14(9-12)21-3)19-15(20)16(2)7-4-8-18-10-16/h5-6,9,11,18H,4,7-8,10H2,1-3H3,(H,19,20). The zero-order valence-corrected chi connectivity index (χ0v) is 12.8. The minimum atomic E-state index is -0.400. The topological polar surface area (TPSA) is 50.4 Å². The molecule has 116 valence electrons. The number of nitrogens with one attached hydrogen (secondary N) is 2. The SMILES string of the molecule is COc1cc(C(C)NC(=O)C2(C)CCCNC2)ccc1F. The van der Waals surface area contributed by atoms with Crippen LogP contribution in [-0.2, 0) is 4.79 Å². The molecule has 0 radical (unpaired) electrons. The molecule has 0 aliphatic carbocycles. The van der Waals surface area contributed by atoms with Crippen LogP contribution in [0.2, 0.25) is 0 Å². The molecular weight excluding hydrogens is 271 g/mol. The van der Waals surface area contributed by atoms with Gasteiger partial charge in [0.1, 0.15) is 0 Å². The Morgan fingerprint density at radius 2 is 2.29 bits per heavy atom. The van der Waals surface area contributed by atoms with Gasteiger partial charge in [0.2, 0.25) is 5.91 Å². The molecule has 0 spiro atoms. The van der Waals surface area contributed by atoms with Gasteiger partial charge in [0.15, 0.2) is 11.6 Å². The number of piperidine rings is 1. The second-order valence-electron chi connectivity index (χ2n) is 5.93. The minimum Gasteiger partial charge on any atom is -0.494 e. The lowest BCUT2D eigenvalue weighted by Gasteiger charge is -2.33. The van der Waals surface area contributed by atoms with Crippen LogP contribution < -0.4 is 15.4 Å². The van der Waals surface area contributed by atoms with Crippen molar-refractivity contribution in [3.63, 3.8) is 0 Å². The van der Waals surface area contributed by atoms with Gasteiger partial charge in [0.05, 0.1) is 18.6 Å². The number of benzene rings is 1. The van der Waals surface area contributed by atoms with Crippen molar-refractivity contribution in [1.82, 2.24) is 10.6 Å². The molecule has 1 amide bonds. The van der Waals surface area contributed by atoms with Gasteiger partial charge >= 0.3 is 0 Å². The summed E-state index contributed by atoms with van der Waals surface area (Å²) >= 11 is 0. The monoisotopic (exact) mass is 294 g/mol. The van der Waals surface area contributed by atoms with Crippen molar-refractivity contribution in [1.29, 1.82) is 0 Å². The van der Waals surface area contributed by atoms with Crippen LogP contribution in [0.1, 0.15) is 38.3 Å². The summed E-state index contributed by atoms with van der Waals surface area (Å²) in [6.45, 7) is 5.53. The van der Waals surface area contributed by atoms with Crippen molar-refractivity contribution < 1.29 is 13.9 Å². The molecule has 2 atom stereocenters. The Labute approximate surface area is 125 Å². The predicted molar refractivity (Wildman–Crippen MR) is 79.7 cm³/mol. The molecule has 1 aromatic carbocycles. The highest BCUT2D eigenvalue weighted by molar-refractivity contribution is 5.83. The Bertz CT molecular complexity index is 513. The van der Waals surface area contributed by atoms with Gasteiger partial charge in [-0.1, -0.05) is 6.07 Å². The maximum atomic E-state index is 13.4. The van der Waals surface area contributed by atoms with Crippen molar-refractivity contribution in [2.45, 2.75) is 32.7 Å². The first kappa shape index (κ1) is 15.8. The zero-order valence-electron chi connectivity index (χ0n) is 12.8. The molecule has 2 N–H and O–H groups in total. The van der Waals surface area contributed by atoms with Crippen molar-refractivity contribution in [3.05, 3.63) is 29.6 Å². The van der Waals surface area contributed by atoms with Crippen LogP contribution in [0.3, 0.4) is 0 Å².